The molecule has 0 atom stereocenters. The molecule has 0 unspecified atom stereocenters. The molecule has 0 saturated heterocycles. The van der Waals surface area contributed by atoms with E-state index in [0.717, 1.165) is 27.7 Å². The summed E-state index contributed by atoms with van der Waals surface area (Å²) in [6.45, 7) is 4.06. The van der Waals surface area contributed by atoms with Crippen molar-refractivity contribution >= 4 is 22.6 Å². The van der Waals surface area contributed by atoms with Crippen LogP contribution in [0.25, 0.3) is 11.0 Å². The molecule has 1 heterocycles. The molecule has 0 fully saturated rings. The van der Waals surface area contributed by atoms with Gasteiger partial charge in [-0.3, -0.25) is 0 Å². The number of fused-ring (bicyclic) bond motifs is 1. The number of aryl methyl sites for hydroxylation is 1. The van der Waals surface area contributed by atoms with Crippen LogP contribution in [0.4, 0.5) is 0 Å². The fraction of sp³-hybridized carbons (Fsp3) is 0.385. The van der Waals surface area contributed by atoms with Gasteiger partial charge < -0.3 is 9.47 Å². The maximum absolute atomic E-state index is 6.01. The number of alkyl halides is 1. The molecule has 0 aliphatic heterocycles. The van der Waals surface area contributed by atoms with E-state index in [4.69, 9.17) is 21.1 Å². The molecule has 1 aromatic carbocycles. The molecule has 96 valence electrons. The maximum atomic E-state index is 6.01. The molecule has 0 spiro atoms. The zero-order chi connectivity index (χ0) is 13.3. The number of nitrogens with zero attached hydrogens (tertiary/aromatic N) is 2. The van der Waals surface area contributed by atoms with Crippen LogP contribution in [0.2, 0.25) is 0 Å². The van der Waals surface area contributed by atoms with Crippen molar-refractivity contribution in [3.05, 3.63) is 22.8 Å². The lowest BCUT2D eigenvalue weighted by Crippen LogP contribution is -2.01. The Morgan fingerprint density at radius 2 is 1.72 bits per heavy atom. The van der Waals surface area contributed by atoms with Gasteiger partial charge in [-0.15, -0.1) is 11.6 Å². The van der Waals surface area contributed by atoms with Gasteiger partial charge in [-0.25, -0.2) is 9.97 Å². The zero-order valence-corrected chi connectivity index (χ0v) is 11.6. The van der Waals surface area contributed by atoms with E-state index < -0.39 is 0 Å². The van der Waals surface area contributed by atoms with Gasteiger partial charge in [0.05, 0.1) is 25.3 Å². The molecule has 0 saturated carbocycles. The molecule has 2 aromatic rings. The predicted octanol–water partition coefficient (Wildman–Crippen LogP) is 3.00. The Morgan fingerprint density at radius 1 is 1.11 bits per heavy atom. The van der Waals surface area contributed by atoms with E-state index in [1.165, 1.54) is 0 Å². The molecule has 0 N–H and O–H groups in total. The van der Waals surface area contributed by atoms with E-state index in [1.54, 1.807) is 14.2 Å². The Labute approximate surface area is 111 Å². The second kappa shape index (κ2) is 4.98. The minimum absolute atomic E-state index is 0.375. The highest BCUT2D eigenvalue weighted by Crippen LogP contribution is 2.30. The van der Waals surface area contributed by atoms with Crippen LogP contribution in [-0.4, -0.2) is 24.2 Å². The SMILES string of the molecule is COc1nc2cc(C)c(C)c(CCl)c2nc1OC. The van der Waals surface area contributed by atoms with Gasteiger partial charge in [0.25, 0.3) is 11.8 Å². The molecule has 5 heteroatoms. The Bertz CT molecular complexity index is 599. The maximum Gasteiger partial charge on any atom is 0.278 e. The molecule has 4 nitrogen and oxygen atoms in total. The Morgan fingerprint density at radius 3 is 2.28 bits per heavy atom. The van der Waals surface area contributed by atoms with Crippen molar-refractivity contribution in [1.29, 1.82) is 0 Å². The van der Waals surface area contributed by atoms with E-state index >= 15 is 0 Å². The Kier molecular flexibility index (Phi) is 3.57. The quantitative estimate of drug-likeness (QED) is 0.801. The molecule has 0 aliphatic carbocycles. The van der Waals surface area contributed by atoms with Crippen LogP contribution in [0.15, 0.2) is 6.07 Å². The molecule has 0 aliphatic rings. The van der Waals surface area contributed by atoms with Gasteiger partial charge in [0.15, 0.2) is 0 Å². The van der Waals surface area contributed by atoms with Crippen molar-refractivity contribution < 1.29 is 9.47 Å². The first-order valence-corrected chi connectivity index (χ1v) is 6.10. The van der Waals surface area contributed by atoms with Gasteiger partial charge in [0.2, 0.25) is 0 Å². The van der Waals surface area contributed by atoms with Crippen LogP contribution in [0.5, 0.6) is 11.8 Å². The largest absolute Gasteiger partial charge is 0.477 e. The molecule has 18 heavy (non-hydrogen) atoms. The van der Waals surface area contributed by atoms with Gasteiger partial charge >= 0.3 is 0 Å². The summed E-state index contributed by atoms with van der Waals surface area (Å²) in [7, 11) is 3.08. The molecular formula is C13H15ClN2O2. The number of benzene rings is 1. The van der Waals surface area contributed by atoms with Crippen molar-refractivity contribution in [2.24, 2.45) is 0 Å². The van der Waals surface area contributed by atoms with Gasteiger partial charge in [0, 0.05) is 5.88 Å². The first kappa shape index (κ1) is 12.9. The van der Waals surface area contributed by atoms with E-state index in [-0.39, 0.29) is 0 Å². The molecule has 0 radical (unpaired) electrons. The Hall–Kier alpha value is -1.55. The number of aromatic nitrogens is 2. The number of methoxy groups -OCH3 is 2. The van der Waals surface area contributed by atoms with E-state index in [1.807, 2.05) is 19.9 Å². The van der Waals surface area contributed by atoms with Crippen molar-refractivity contribution in [2.75, 3.05) is 14.2 Å². The number of rotatable bonds is 3. The summed E-state index contributed by atoms with van der Waals surface area (Å²) in [5.41, 5.74) is 4.80. The first-order valence-electron chi connectivity index (χ1n) is 5.57. The third-order valence-electron chi connectivity index (χ3n) is 3.06. The first-order chi connectivity index (χ1) is 8.62. The fourth-order valence-electron chi connectivity index (χ4n) is 1.90. The minimum atomic E-state index is 0.375. The van der Waals surface area contributed by atoms with Crippen LogP contribution in [-0.2, 0) is 5.88 Å². The number of ether oxygens (including phenoxy) is 2. The average molecular weight is 267 g/mol. The lowest BCUT2D eigenvalue weighted by Gasteiger charge is -2.12. The van der Waals surface area contributed by atoms with Crippen molar-refractivity contribution in [1.82, 2.24) is 9.97 Å². The summed E-state index contributed by atoms with van der Waals surface area (Å²) < 4.78 is 10.3. The lowest BCUT2D eigenvalue weighted by atomic mass is 10.0. The molecule has 2 rings (SSSR count). The minimum Gasteiger partial charge on any atom is -0.477 e. The second-order valence-electron chi connectivity index (χ2n) is 4.04. The summed E-state index contributed by atoms with van der Waals surface area (Å²) in [4.78, 5) is 8.85. The topological polar surface area (TPSA) is 44.2 Å². The van der Waals surface area contributed by atoms with E-state index in [2.05, 4.69) is 9.97 Å². The zero-order valence-electron chi connectivity index (χ0n) is 10.9. The van der Waals surface area contributed by atoms with Crippen LogP contribution in [0.1, 0.15) is 16.7 Å². The molecule has 1 aromatic heterocycles. The summed E-state index contributed by atoms with van der Waals surface area (Å²) in [6, 6.07) is 1.98. The highest BCUT2D eigenvalue weighted by molar-refractivity contribution is 6.18. The number of hydrogen-bond donors (Lipinski definition) is 0. The third kappa shape index (κ3) is 1.97. The van der Waals surface area contributed by atoms with E-state index in [0.29, 0.717) is 17.6 Å². The monoisotopic (exact) mass is 266 g/mol. The number of hydrogen-bond acceptors (Lipinski definition) is 4. The number of halogens is 1. The lowest BCUT2D eigenvalue weighted by molar-refractivity contribution is 0.334. The van der Waals surface area contributed by atoms with Crippen molar-refractivity contribution in [3.63, 3.8) is 0 Å². The van der Waals surface area contributed by atoms with Crippen LogP contribution >= 0.6 is 11.6 Å². The van der Waals surface area contributed by atoms with Gasteiger partial charge in [-0.05, 0) is 36.6 Å². The van der Waals surface area contributed by atoms with Crippen molar-refractivity contribution in [2.45, 2.75) is 19.7 Å². The Balaban J connectivity index is 2.84. The fourth-order valence-corrected chi connectivity index (χ4v) is 2.22. The van der Waals surface area contributed by atoms with Crippen LogP contribution < -0.4 is 9.47 Å². The highest BCUT2D eigenvalue weighted by Gasteiger charge is 2.14. The predicted molar refractivity (Wildman–Crippen MR) is 71.7 cm³/mol. The van der Waals surface area contributed by atoms with Gasteiger partial charge in [-0.1, -0.05) is 0 Å². The smallest absolute Gasteiger partial charge is 0.278 e. The van der Waals surface area contributed by atoms with Gasteiger partial charge in [-0.2, -0.15) is 0 Å². The molecular weight excluding hydrogens is 252 g/mol. The summed E-state index contributed by atoms with van der Waals surface area (Å²) in [5.74, 6) is 1.15. The standard InChI is InChI=1S/C13H15ClN2O2/c1-7-5-10-11(9(6-14)8(7)2)16-13(18-4)12(15-10)17-3/h5H,6H2,1-4H3. The highest BCUT2D eigenvalue weighted by atomic mass is 35.5. The normalized spacial score (nSPS) is 10.7. The van der Waals surface area contributed by atoms with Crippen LogP contribution in [0, 0.1) is 13.8 Å². The third-order valence-corrected chi connectivity index (χ3v) is 3.33. The summed E-state index contributed by atoms with van der Waals surface area (Å²) in [6.07, 6.45) is 0. The molecule has 0 bridgehead atoms. The van der Waals surface area contributed by atoms with Crippen molar-refractivity contribution in [3.8, 4) is 11.8 Å². The molecule has 0 amide bonds. The summed E-state index contributed by atoms with van der Waals surface area (Å²) >= 11 is 6.01. The van der Waals surface area contributed by atoms with E-state index in [9.17, 15) is 0 Å². The summed E-state index contributed by atoms with van der Waals surface area (Å²) in [5, 5.41) is 0. The average Bonchev–Trinajstić information content (AvgIpc) is 2.39. The van der Waals surface area contributed by atoms with Gasteiger partial charge in [0.1, 0.15) is 0 Å². The second-order valence-corrected chi connectivity index (χ2v) is 4.31. The van der Waals surface area contributed by atoms with Crippen LogP contribution in [0.3, 0.4) is 0 Å².